The van der Waals surface area contributed by atoms with Crippen LogP contribution in [-0.4, -0.2) is 55.8 Å². The highest BCUT2D eigenvalue weighted by Gasteiger charge is 2.41. The van der Waals surface area contributed by atoms with Gasteiger partial charge in [0.1, 0.15) is 18.3 Å². The SMILES string of the molecule is CC[C@H]1c2cc3[nH]c4c(c5nc(cc6[nH]c(cc(n2)[C@@H]1C)c(=C(C)O)c6C)[C@@H](C)[C@@H]5CCC(=O)OC/C=C(/C)CCC[C@H](C)CCCC(C)C)[C@@H](C(=O)OC)C(O)=c4c3C. The number of carbonyl (C=O) groups is 2. The van der Waals surface area contributed by atoms with Crippen LogP contribution < -0.4 is 10.4 Å². The van der Waals surface area contributed by atoms with Crippen LogP contribution >= 0.6 is 0 Å². The zero-order valence-corrected chi connectivity index (χ0v) is 37.8. The van der Waals surface area contributed by atoms with E-state index in [9.17, 15) is 19.8 Å². The minimum atomic E-state index is -1.09. The summed E-state index contributed by atoms with van der Waals surface area (Å²) in [6.45, 7) is 21.3. The number of nitrogens with zero attached hydrogens (tertiary/aromatic N) is 2. The number of esters is 2. The molecule has 0 aromatic carbocycles. The third-order valence-corrected chi connectivity index (χ3v) is 13.5. The number of aliphatic hydroxyl groups excluding tert-OH is 2. The van der Waals surface area contributed by atoms with Crippen LogP contribution in [0.4, 0.5) is 0 Å². The number of ether oxygens (including phenoxy) is 2. The van der Waals surface area contributed by atoms with E-state index in [4.69, 9.17) is 19.4 Å². The van der Waals surface area contributed by atoms with E-state index >= 15 is 0 Å². The van der Waals surface area contributed by atoms with Gasteiger partial charge in [-0.05, 0) is 101 Å². The smallest absolute Gasteiger partial charge is 0.321 e. The maximum absolute atomic E-state index is 13.6. The zero-order valence-electron chi connectivity index (χ0n) is 37.8. The first kappa shape index (κ1) is 44.7. The zero-order chi connectivity index (χ0) is 43.6. The Morgan fingerprint density at radius 1 is 0.867 bits per heavy atom. The number of aliphatic hydroxyl groups is 2. The largest absolute Gasteiger partial charge is 0.512 e. The first-order valence-corrected chi connectivity index (χ1v) is 22.3. The van der Waals surface area contributed by atoms with Crippen molar-refractivity contribution in [2.75, 3.05) is 13.7 Å². The van der Waals surface area contributed by atoms with Crippen LogP contribution in [0.3, 0.4) is 0 Å². The lowest BCUT2D eigenvalue weighted by Gasteiger charge is -2.19. The molecule has 6 atom stereocenters. The van der Waals surface area contributed by atoms with Crippen molar-refractivity contribution in [1.29, 1.82) is 0 Å². The summed E-state index contributed by atoms with van der Waals surface area (Å²) in [5.41, 5.74) is 9.69. The van der Waals surface area contributed by atoms with Crippen LogP contribution in [-0.2, 0) is 19.1 Å². The molecule has 0 spiro atoms. The van der Waals surface area contributed by atoms with Crippen LogP contribution in [0.1, 0.15) is 182 Å². The Morgan fingerprint density at radius 3 is 2.20 bits per heavy atom. The second-order valence-electron chi connectivity index (χ2n) is 18.3. The second-order valence-corrected chi connectivity index (χ2v) is 18.3. The summed E-state index contributed by atoms with van der Waals surface area (Å²) in [6, 6.07) is 6.11. The summed E-state index contributed by atoms with van der Waals surface area (Å²) in [4.78, 5) is 44.6. The second kappa shape index (κ2) is 18.8. The molecule has 6 rings (SSSR count). The highest BCUT2D eigenvalue weighted by molar-refractivity contribution is 5.96. The fourth-order valence-corrected chi connectivity index (χ4v) is 9.84. The van der Waals surface area contributed by atoms with Crippen molar-refractivity contribution in [3.8, 4) is 0 Å². The molecule has 4 N–H and O–H groups in total. The van der Waals surface area contributed by atoms with Crippen molar-refractivity contribution in [3.05, 3.63) is 79.8 Å². The molecule has 0 amide bonds. The number of aromatic amines is 2. The van der Waals surface area contributed by atoms with Crippen LogP contribution in [0.15, 0.2) is 29.8 Å². The molecule has 0 radical (unpaired) electrons. The minimum absolute atomic E-state index is 0.0761. The Morgan fingerprint density at radius 2 is 1.52 bits per heavy atom. The molecule has 5 heterocycles. The van der Waals surface area contributed by atoms with Gasteiger partial charge in [-0.2, -0.15) is 0 Å². The summed E-state index contributed by atoms with van der Waals surface area (Å²) in [5.74, 6) is -0.547. The van der Waals surface area contributed by atoms with Crippen LogP contribution in [0.5, 0.6) is 0 Å². The van der Waals surface area contributed by atoms with Crippen LogP contribution in [0, 0.1) is 25.7 Å². The molecule has 10 heteroatoms. The minimum Gasteiger partial charge on any atom is -0.512 e. The van der Waals surface area contributed by atoms with Gasteiger partial charge in [0.05, 0.1) is 29.6 Å². The van der Waals surface area contributed by atoms with Gasteiger partial charge in [-0.15, -0.1) is 0 Å². The van der Waals surface area contributed by atoms with Crippen LogP contribution in [0.2, 0.25) is 0 Å². The molecule has 0 saturated heterocycles. The van der Waals surface area contributed by atoms with Gasteiger partial charge in [0, 0.05) is 74.2 Å². The lowest BCUT2D eigenvalue weighted by atomic mass is 9.84. The monoisotopic (exact) mass is 821 g/mol. The van der Waals surface area contributed by atoms with E-state index in [0.717, 1.165) is 81.1 Å². The molecule has 10 nitrogen and oxygen atoms in total. The molecule has 60 heavy (non-hydrogen) atoms. The third-order valence-electron chi connectivity index (χ3n) is 13.5. The summed E-state index contributed by atoms with van der Waals surface area (Å²) in [6.07, 6.45) is 10.6. The molecule has 0 saturated carbocycles. The predicted molar refractivity (Wildman–Crippen MR) is 240 cm³/mol. The van der Waals surface area contributed by atoms with Crippen LogP contribution in [0.25, 0.3) is 33.6 Å². The summed E-state index contributed by atoms with van der Waals surface area (Å²) < 4.78 is 11.1. The standard InChI is InChI=1S/C50H68N4O6/c1-12-34-29(6)36-25-41-43(33(10)55)31(8)38(52-41)23-37-30(7)35(19-20-42(56)60-22-21-28(5)18-14-17-27(4)16-13-15-26(2)3)47(53-37)45-46(50(58)59-11)49(57)44-32(9)39(54-48(44)45)24-40(34)51-36/h21,23-27,29-30,34-35,46,52,54-55,57H,12-20,22H2,1-11H3/b28-21-,37-23?,40-24?,41-25?,43-33?/t27-,29-,30+,34-,35+,46-/m1/s1. The molecule has 8 bridgehead atoms. The van der Waals surface area contributed by atoms with E-state index in [0.29, 0.717) is 28.4 Å². The Hall–Kier alpha value is -4.86. The highest BCUT2D eigenvalue weighted by Crippen LogP contribution is 2.46. The van der Waals surface area contributed by atoms with Crippen molar-refractivity contribution in [2.45, 2.75) is 157 Å². The number of allylic oxidation sites excluding steroid dienone is 1. The molecule has 324 valence electrons. The molecule has 1 aliphatic carbocycles. The number of nitrogens with one attached hydrogen (secondary N) is 2. The molecule has 0 fully saturated rings. The fourth-order valence-electron chi connectivity index (χ4n) is 9.84. The van der Waals surface area contributed by atoms with Gasteiger partial charge in [0.15, 0.2) is 0 Å². The number of hydrogen-bond acceptors (Lipinski definition) is 8. The summed E-state index contributed by atoms with van der Waals surface area (Å²) in [5, 5.41) is 24.2. The van der Waals surface area contributed by atoms with Gasteiger partial charge in [-0.25, -0.2) is 0 Å². The Bertz CT molecular complexity index is 2430. The van der Waals surface area contributed by atoms with E-state index < -0.39 is 11.9 Å². The molecular weight excluding hydrogens is 753 g/mol. The molecule has 3 aromatic rings. The number of H-pyrrole nitrogens is 2. The maximum atomic E-state index is 13.6. The number of hydrogen-bond donors (Lipinski definition) is 4. The summed E-state index contributed by atoms with van der Waals surface area (Å²) in [7, 11) is 1.33. The van der Waals surface area contributed by atoms with Gasteiger partial charge in [-0.3, -0.25) is 19.6 Å². The lowest BCUT2D eigenvalue weighted by molar-refractivity contribution is -0.143. The number of aryl methyl sites for hydroxylation is 2. The van der Waals surface area contributed by atoms with E-state index in [1.54, 1.807) is 6.92 Å². The van der Waals surface area contributed by atoms with Crippen molar-refractivity contribution >= 4 is 45.5 Å². The predicted octanol–water partition coefficient (Wildman–Crippen LogP) is 10.6. The first-order valence-electron chi connectivity index (χ1n) is 22.3. The van der Waals surface area contributed by atoms with E-state index in [2.05, 4.69) is 64.5 Å². The lowest BCUT2D eigenvalue weighted by Crippen LogP contribution is -2.18. The maximum Gasteiger partial charge on any atom is 0.321 e. The third kappa shape index (κ3) is 9.08. The topological polar surface area (TPSA) is 150 Å². The van der Waals surface area contributed by atoms with Crippen molar-refractivity contribution in [1.82, 2.24) is 19.9 Å². The van der Waals surface area contributed by atoms with Gasteiger partial charge in [0.2, 0.25) is 0 Å². The molecule has 3 aromatic heterocycles. The molecular formula is C50H68N4O6. The normalized spacial score (nSPS) is 21.1. The average Bonchev–Trinajstić information content (AvgIpc) is 3.94. The summed E-state index contributed by atoms with van der Waals surface area (Å²) >= 11 is 0. The molecule has 0 unspecified atom stereocenters. The van der Waals surface area contributed by atoms with Gasteiger partial charge in [0.25, 0.3) is 0 Å². The van der Waals surface area contributed by atoms with Crippen molar-refractivity contribution in [2.24, 2.45) is 11.8 Å². The number of methoxy groups -OCH3 is 1. The first-order chi connectivity index (χ1) is 28.6. The van der Waals surface area contributed by atoms with Gasteiger partial charge >= 0.3 is 11.9 Å². The average molecular weight is 821 g/mol. The Labute approximate surface area is 355 Å². The molecule has 2 aliphatic heterocycles. The van der Waals surface area contributed by atoms with E-state index in [-0.39, 0.29) is 54.2 Å². The quantitative estimate of drug-likeness (QED) is 0.0874. The number of rotatable bonds is 15. The Balaban J connectivity index is 1.38. The van der Waals surface area contributed by atoms with Gasteiger partial charge < -0.3 is 29.7 Å². The van der Waals surface area contributed by atoms with E-state index in [1.807, 2.05) is 32.1 Å². The Kier molecular flexibility index (Phi) is 14.0. The van der Waals surface area contributed by atoms with Crippen molar-refractivity contribution < 1.29 is 29.3 Å². The molecule has 3 aliphatic rings. The number of aromatic nitrogens is 4. The number of fused-ring (bicyclic) bond motifs is 8. The fraction of sp³-hybridized carbons (Fsp3) is 0.560. The van der Waals surface area contributed by atoms with E-state index in [1.165, 1.54) is 38.4 Å². The van der Waals surface area contributed by atoms with Gasteiger partial charge in [-0.1, -0.05) is 72.8 Å². The number of carbonyl (C=O) groups excluding carboxylic acids is 2. The van der Waals surface area contributed by atoms with Crippen molar-refractivity contribution in [3.63, 3.8) is 0 Å². The highest BCUT2D eigenvalue weighted by atomic mass is 16.5.